The van der Waals surface area contributed by atoms with Crippen molar-refractivity contribution in [2.24, 2.45) is 5.10 Å². The summed E-state index contributed by atoms with van der Waals surface area (Å²) < 4.78 is 10.9. The van der Waals surface area contributed by atoms with E-state index in [1.807, 2.05) is 51.1 Å². The van der Waals surface area contributed by atoms with Crippen LogP contribution < -0.4 is 14.9 Å². The Hall–Kier alpha value is -3.93. The third-order valence-electron chi connectivity index (χ3n) is 4.69. The standard InChI is InChI=1S/C25H24N2O4/c1-17-7-11-21(12-8-17)25(29)31-22-13-9-20(10-14-22)15-26-27-24(28)16-30-23-6-4-5-18(2)19(23)3/h4-15H,16H2,1-3H3,(H,27,28)/b26-15-. The molecular formula is C25H24N2O4. The van der Waals surface area contributed by atoms with Crippen molar-refractivity contribution in [3.05, 3.63) is 94.5 Å². The third kappa shape index (κ3) is 6.27. The number of hydrogen-bond donors (Lipinski definition) is 1. The van der Waals surface area contributed by atoms with E-state index in [1.54, 1.807) is 36.4 Å². The fourth-order valence-corrected chi connectivity index (χ4v) is 2.71. The summed E-state index contributed by atoms with van der Waals surface area (Å²) in [5.41, 5.74) is 6.83. The van der Waals surface area contributed by atoms with Crippen molar-refractivity contribution < 1.29 is 19.1 Å². The van der Waals surface area contributed by atoms with E-state index < -0.39 is 5.97 Å². The predicted octanol–water partition coefficient (Wildman–Crippen LogP) is 4.36. The molecule has 1 amide bonds. The van der Waals surface area contributed by atoms with Crippen molar-refractivity contribution in [1.82, 2.24) is 5.43 Å². The molecule has 1 N–H and O–H groups in total. The molecule has 0 bridgehead atoms. The van der Waals surface area contributed by atoms with Gasteiger partial charge in [0.2, 0.25) is 0 Å². The molecule has 0 aromatic heterocycles. The molecule has 0 fully saturated rings. The summed E-state index contributed by atoms with van der Waals surface area (Å²) >= 11 is 0. The SMILES string of the molecule is Cc1ccc(C(=O)Oc2ccc(/C=N\NC(=O)COc3cccc(C)c3C)cc2)cc1. The third-order valence-corrected chi connectivity index (χ3v) is 4.69. The molecule has 0 unspecified atom stereocenters. The number of benzene rings is 3. The van der Waals surface area contributed by atoms with Gasteiger partial charge in [0, 0.05) is 0 Å². The number of nitrogens with one attached hydrogen (secondary N) is 1. The van der Waals surface area contributed by atoms with E-state index >= 15 is 0 Å². The van der Waals surface area contributed by atoms with Crippen molar-refractivity contribution in [3.63, 3.8) is 0 Å². The molecule has 0 saturated carbocycles. The summed E-state index contributed by atoms with van der Waals surface area (Å²) in [6.07, 6.45) is 1.50. The van der Waals surface area contributed by atoms with Crippen molar-refractivity contribution in [2.75, 3.05) is 6.61 Å². The summed E-state index contributed by atoms with van der Waals surface area (Å²) in [6.45, 7) is 5.76. The maximum Gasteiger partial charge on any atom is 0.343 e. The predicted molar refractivity (Wildman–Crippen MR) is 120 cm³/mol. The van der Waals surface area contributed by atoms with Crippen LogP contribution >= 0.6 is 0 Å². The van der Waals surface area contributed by atoms with Gasteiger partial charge >= 0.3 is 5.97 Å². The smallest absolute Gasteiger partial charge is 0.343 e. The second-order valence-electron chi connectivity index (χ2n) is 7.10. The highest BCUT2D eigenvalue weighted by molar-refractivity contribution is 5.91. The first-order chi connectivity index (χ1) is 14.9. The number of carbonyl (C=O) groups excluding carboxylic acids is 2. The van der Waals surface area contributed by atoms with Gasteiger partial charge < -0.3 is 9.47 Å². The molecule has 3 aromatic carbocycles. The van der Waals surface area contributed by atoms with Gasteiger partial charge in [0.25, 0.3) is 5.91 Å². The summed E-state index contributed by atoms with van der Waals surface area (Å²) in [7, 11) is 0. The Kier molecular flexibility index (Phi) is 7.17. The molecule has 0 radical (unpaired) electrons. The lowest BCUT2D eigenvalue weighted by Gasteiger charge is -2.09. The number of aryl methyl sites for hydroxylation is 2. The van der Waals surface area contributed by atoms with Gasteiger partial charge in [0.15, 0.2) is 6.61 Å². The van der Waals surface area contributed by atoms with Gasteiger partial charge in [-0.15, -0.1) is 0 Å². The number of hydrogen-bond acceptors (Lipinski definition) is 5. The fraction of sp³-hybridized carbons (Fsp3) is 0.160. The molecule has 3 rings (SSSR count). The van der Waals surface area contributed by atoms with E-state index in [9.17, 15) is 9.59 Å². The van der Waals surface area contributed by atoms with Gasteiger partial charge in [-0.05, 0) is 79.9 Å². The van der Waals surface area contributed by atoms with Crippen LogP contribution in [0.2, 0.25) is 0 Å². The van der Waals surface area contributed by atoms with Crippen LogP contribution in [0.15, 0.2) is 71.8 Å². The Morgan fingerprint density at radius 3 is 2.35 bits per heavy atom. The van der Waals surface area contributed by atoms with Crippen LogP contribution in [0.3, 0.4) is 0 Å². The highest BCUT2D eigenvalue weighted by Crippen LogP contribution is 2.20. The van der Waals surface area contributed by atoms with E-state index in [2.05, 4.69) is 10.5 Å². The van der Waals surface area contributed by atoms with Crippen molar-refractivity contribution in [3.8, 4) is 11.5 Å². The zero-order valence-electron chi connectivity index (χ0n) is 17.7. The van der Waals surface area contributed by atoms with Crippen LogP contribution in [0.4, 0.5) is 0 Å². The van der Waals surface area contributed by atoms with Crippen LogP contribution in [0.25, 0.3) is 0 Å². The van der Waals surface area contributed by atoms with Gasteiger partial charge in [0.05, 0.1) is 11.8 Å². The Balaban J connectivity index is 1.47. The number of hydrazone groups is 1. The van der Waals surface area contributed by atoms with Gasteiger partial charge in [-0.2, -0.15) is 5.10 Å². The van der Waals surface area contributed by atoms with Gasteiger partial charge in [0.1, 0.15) is 11.5 Å². The van der Waals surface area contributed by atoms with Crippen LogP contribution in [0.5, 0.6) is 11.5 Å². The number of rotatable bonds is 7. The van der Waals surface area contributed by atoms with Gasteiger partial charge in [-0.1, -0.05) is 29.8 Å². The fourth-order valence-electron chi connectivity index (χ4n) is 2.71. The van der Waals surface area contributed by atoms with Crippen molar-refractivity contribution in [1.29, 1.82) is 0 Å². The van der Waals surface area contributed by atoms with Crippen molar-refractivity contribution >= 4 is 18.1 Å². The van der Waals surface area contributed by atoms with Crippen LogP contribution in [-0.4, -0.2) is 24.7 Å². The Labute approximate surface area is 181 Å². The highest BCUT2D eigenvalue weighted by atomic mass is 16.5. The summed E-state index contributed by atoms with van der Waals surface area (Å²) in [5, 5.41) is 3.93. The Bertz CT molecular complexity index is 1090. The molecule has 6 heteroatoms. The van der Waals surface area contributed by atoms with Gasteiger partial charge in [-0.3, -0.25) is 4.79 Å². The number of carbonyl (C=O) groups is 2. The minimum atomic E-state index is -0.419. The lowest BCUT2D eigenvalue weighted by atomic mass is 10.1. The second kappa shape index (κ2) is 10.2. The van der Waals surface area contributed by atoms with E-state index in [4.69, 9.17) is 9.47 Å². The lowest BCUT2D eigenvalue weighted by molar-refractivity contribution is -0.123. The molecule has 0 heterocycles. The van der Waals surface area contributed by atoms with Crippen LogP contribution in [0, 0.1) is 20.8 Å². The second-order valence-corrected chi connectivity index (χ2v) is 7.10. The molecular weight excluding hydrogens is 392 g/mol. The number of ether oxygens (including phenoxy) is 2. The zero-order valence-corrected chi connectivity index (χ0v) is 17.7. The van der Waals surface area contributed by atoms with E-state index in [-0.39, 0.29) is 12.5 Å². The number of esters is 1. The average Bonchev–Trinajstić information content (AvgIpc) is 2.76. The topological polar surface area (TPSA) is 77.0 Å². The largest absolute Gasteiger partial charge is 0.483 e. The first kappa shape index (κ1) is 21.8. The van der Waals surface area contributed by atoms with Crippen molar-refractivity contribution in [2.45, 2.75) is 20.8 Å². The minimum Gasteiger partial charge on any atom is -0.483 e. The molecule has 0 aliphatic carbocycles. The van der Waals surface area contributed by atoms with E-state index in [0.29, 0.717) is 17.1 Å². The Morgan fingerprint density at radius 2 is 1.65 bits per heavy atom. The van der Waals surface area contributed by atoms with Crippen LogP contribution in [0.1, 0.15) is 32.6 Å². The summed E-state index contributed by atoms with van der Waals surface area (Å²) in [5.74, 6) is 0.321. The molecule has 0 aliphatic heterocycles. The molecule has 6 nitrogen and oxygen atoms in total. The summed E-state index contributed by atoms with van der Waals surface area (Å²) in [6, 6.07) is 19.7. The molecule has 0 atom stereocenters. The molecule has 0 aliphatic rings. The molecule has 0 spiro atoms. The number of nitrogens with zero attached hydrogens (tertiary/aromatic N) is 1. The maximum absolute atomic E-state index is 12.2. The van der Waals surface area contributed by atoms with E-state index in [1.165, 1.54) is 6.21 Å². The highest BCUT2D eigenvalue weighted by Gasteiger charge is 2.08. The molecule has 3 aromatic rings. The van der Waals surface area contributed by atoms with E-state index in [0.717, 1.165) is 22.3 Å². The van der Waals surface area contributed by atoms with Crippen LogP contribution in [-0.2, 0) is 4.79 Å². The summed E-state index contributed by atoms with van der Waals surface area (Å²) in [4.78, 5) is 24.1. The first-order valence-corrected chi connectivity index (χ1v) is 9.82. The number of amides is 1. The molecule has 158 valence electrons. The maximum atomic E-state index is 12.2. The molecule has 0 saturated heterocycles. The first-order valence-electron chi connectivity index (χ1n) is 9.82. The average molecular weight is 416 g/mol. The lowest BCUT2D eigenvalue weighted by Crippen LogP contribution is -2.24. The Morgan fingerprint density at radius 1 is 0.935 bits per heavy atom. The van der Waals surface area contributed by atoms with Gasteiger partial charge in [-0.25, -0.2) is 10.2 Å². The minimum absolute atomic E-state index is 0.129. The normalized spacial score (nSPS) is 10.7. The molecule has 31 heavy (non-hydrogen) atoms. The monoisotopic (exact) mass is 416 g/mol. The zero-order chi connectivity index (χ0) is 22.2. The quantitative estimate of drug-likeness (QED) is 0.269.